The Balaban J connectivity index is 2.09. The van der Waals surface area contributed by atoms with E-state index in [1.165, 1.54) is 37.8 Å². The molecule has 3 heteroatoms. The molecule has 1 aromatic carbocycles. The molecule has 2 N–H and O–H groups in total. The lowest BCUT2D eigenvalue weighted by atomic mass is 9.65. The third kappa shape index (κ3) is 3.57. The molecule has 0 saturated heterocycles. The molecule has 2 rings (SSSR count). The van der Waals surface area contributed by atoms with Gasteiger partial charge >= 0.3 is 0 Å². The second-order valence-corrected chi connectivity index (χ2v) is 7.30. The van der Waals surface area contributed by atoms with Crippen molar-refractivity contribution in [2.45, 2.75) is 52.0 Å². The van der Waals surface area contributed by atoms with Crippen molar-refractivity contribution in [2.75, 3.05) is 0 Å². The molecule has 0 bridgehead atoms. The summed E-state index contributed by atoms with van der Waals surface area (Å²) in [6.07, 6.45) is 5.89. The van der Waals surface area contributed by atoms with Crippen LogP contribution in [-0.4, -0.2) is 6.04 Å². The lowest BCUT2D eigenvalue weighted by molar-refractivity contribution is 0.112. The van der Waals surface area contributed by atoms with E-state index in [9.17, 15) is 4.39 Å². The fourth-order valence-corrected chi connectivity index (χ4v) is 3.91. The molecule has 1 nitrogen and oxygen atoms in total. The molecule has 1 aliphatic carbocycles. The molecule has 1 aromatic rings. The van der Waals surface area contributed by atoms with Gasteiger partial charge in [-0.1, -0.05) is 48.7 Å². The molecular formula is C16H23BrFN. The maximum Gasteiger partial charge on any atom is 0.124 e. The zero-order valence-corrected chi connectivity index (χ0v) is 13.3. The Hall–Kier alpha value is -0.410. The number of hydrogen-bond acceptors (Lipinski definition) is 1. The lowest BCUT2D eigenvalue weighted by Gasteiger charge is -2.42. The Morgan fingerprint density at radius 1 is 1.42 bits per heavy atom. The van der Waals surface area contributed by atoms with Crippen molar-refractivity contribution in [2.24, 2.45) is 17.1 Å². The van der Waals surface area contributed by atoms with Crippen molar-refractivity contribution in [3.8, 4) is 0 Å². The van der Waals surface area contributed by atoms with Crippen LogP contribution in [0.5, 0.6) is 0 Å². The zero-order chi connectivity index (χ0) is 14.0. The molecule has 2 unspecified atom stereocenters. The van der Waals surface area contributed by atoms with Gasteiger partial charge in [0.1, 0.15) is 5.82 Å². The van der Waals surface area contributed by atoms with E-state index in [-0.39, 0.29) is 11.9 Å². The monoisotopic (exact) mass is 327 g/mol. The molecule has 0 aliphatic heterocycles. The summed E-state index contributed by atoms with van der Waals surface area (Å²) in [5.41, 5.74) is 7.88. The van der Waals surface area contributed by atoms with Crippen LogP contribution < -0.4 is 5.73 Å². The lowest BCUT2D eigenvalue weighted by Crippen LogP contribution is -2.43. The number of halogens is 2. The normalized spacial score (nSPS) is 24.2. The van der Waals surface area contributed by atoms with Gasteiger partial charge in [-0.05, 0) is 48.3 Å². The molecule has 106 valence electrons. The average Bonchev–Trinajstić information content (AvgIpc) is 2.32. The highest BCUT2D eigenvalue weighted by atomic mass is 79.9. The minimum absolute atomic E-state index is 0.150. The first-order valence-corrected chi connectivity index (χ1v) is 7.89. The summed E-state index contributed by atoms with van der Waals surface area (Å²) in [5.74, 6) is 0.348. The van der Waals surface area contributed by atoms with Crippen molar-refractivity contribution < 1.29 is 4.39 Å². The van der Waals surface area contributed by atoms with Crippen molar-refractivity contribution in [3.63, 3.8) is 0 Å². The highest BCUT2D eigenvalue weighted by Gasteiger charge is 2.36. The topological polar surface area (TPSA) is 26.0 Å². The molecule has 1 saturated carbocycles. The van der Waals surface area contributed by atoms with Gasteiger partial charge < -0.3 is 5.73 Å². The van der Waals surface area contributed by atoms with E-state index < -0.39 is 0 Å². The molecule has 0 spiro atoms. The molecule has 1 fully saturated rings. The largest absolute Gasteiger partial charge is 0.327 e. The van der Waals surface area contributed by atoms with Gasteiger partial charge in [0.05, 0.1) is 0 Å². The predicted octanol–water partition coefficient (Wildman–Crippen LogP) is 4.67. The van der Waals surface area contributed by atoms with Crippen molar-refractivity contribution in [1.82, 2.24) is 0 Å². The first-order chi connectivity index (χ1) is 8.90. The first kappa shape index (κ1) is 15.0. The van der Waals surface area contributed by atoms with E-state index in [1.54, 1.807) is 0 Å². The van der Waals surface area contributed by atoms with E-state index in [0.717, 1.165) is 16.5 Å². The van der Waals surface area contributed by atoms with Gasteiger partial charge in [0.15, 0.2) is 0 Å². The standard InChI is InChI=1S/C16H23BrFN/c1-16(2)8-4-3-5-13(16)15(19)9-11-6-7-12(18)10-14(11)17/h6-7,10,13,15H,3-5,8-9,19H2,1-2H3. The Kier molecular flexibility index (Phi) is 4.67. The first-order valence-electron chi connectivity index (χ1n) is 7.09. The van der Waals surface area contributed by atoms with Crippen LogP contribution in [0.3, 0.4) is 0 Å². The average molecular weight is 328 g/mol. The van der Waals surface area contributed by atoms with Crippen LogP contribution in [0.25, 0.3) is 0 Å². The van der Waals surface area contributed by atoms with Crippen LogP contribution >= 0.6 is 15.9 Å². The van der Waals surface area contributed by atoms with Gasteiger partial charge in [0, 0.05) is 10.5 Å². The Morgan fingerprint density at radius 3 is 2.79 bits per heavy atom. The maximum absolute atomic E-state index is 13.1. The van der Waals surface area contributed by atoms with E-state index in [4.69, 9.17) is 5.73 Å². The summed E-state index contributed by atoms with van der Waals surface area (Å²) < 4.78 is 13.9. The maximum atomic E-state index is 13.1. The van der Waals surface area contributed by atoms with E-state index in [0.29, 0.717) is 11.3 Å². The van der Waals surface area contributed by atoms with Crippen LogP contribution in [0.1, 0.15) is 45.1 Å². The zero-order valence-electron chi connectivity index (χ0n) is 11.8. The van der Waals surface area contributed by atoms with Crippen molar-refractivity contribution in [3.05, 3.63) is 34.1 Å². The van der Waals surface area contributed by atoms with Crippen LogP contribution in [0, 0.1) is 17.2 Å². The fraction of sp³-hybridized carbons (Fsp3) is 0.625. The molecule has 0 aromatic heterocycles. The van der Waals surface area contributed by atoms with Gasteiger partial charge in [0.25, 0.3) is 0 Å². The quantitative estimate of drug-likeness (QED) is 0.857. The summed E-state index contributed by atoms with van der Waals surface area (Å²) in [7, 11) is 0. The van der Waals surface area contributed by atoms with Gasteiger partial charge in [-0.25, -0.2) is 4.39 Å². The van der Waals surface area contributed by atoms with E-state index in [1.807, 2.05) is 6.07 Å². The summed E-state index contributed by atoms with van der Waals surface area (Å²) in [4.78, 5) is 0. The number of benzene rings is 1. The second kappa shape index (κ2) is 5.92. The van der Waals surface area contributed by atoms with E-state index >= 15 is 0 Å². The fourth-order valence-electron chi connectivity index (χ4n) is 3.40. The number of rotatable bonds is 3. The Morgan fingerprint density at radius 2 is 2.16 bits per heavy atom. The highest BCUT2D eigenvalue weighted by Crippen LogP contribution is 2.42. The second-order valence-electron chi connectivity index (χ2n) is 6.44. The van der Waals surface area contributed by atoms with E-state index in [2.05, 4.69) is 29.8 Å². The molecule has 0 heterocycles. The summed E-state index contributed by atoms with van der Waals surface area (Å²) in [5, 5.41) is 0. The van der Waals surface area contributed by atoms with Crippen LogP contribution in [0.4, 0.5) is 4.39 Å². The van der Waals surface area contributed by atoms with Gasteiger partial charge in [-0.15, -0.1) is 0 Å². The molecule has 2 atom stereocenters. The smallest absolute Gasteiger partial charge is 0.124 e. The summed E-state index contributed by atoms with van der Waals surface area (Å²) in [6, 6.07) is 5.03. The minimum Gasteiger partial charge on any atom is -0.327 e. The van der Waals surface area contributed by atoms with Crippen molar-refractivity contribution in [1.29, 1.82) is 0 Å². The van der Waals surface area contributed by atoms with Gasteiger partial charge in [-0.2, -0.15) is 0 Å². The Bertz CT molecular complexity index is 444. The minimum atomic E-state index is -0.206. The molecule has 19 heavy (non-hydrogen) atoms. The SMILES string of the molecule is CC1(C)CCCCC1C(N)Cc1ccc(F)cc1Br. The van der Waals surface area contributed by atoms with Crippen LogP contribution in [0.2, 0.25) is 0 Å². The summed E-state index contributed by atoms with van der Waals surface area (Å²) >= 11 is 3.43. The van der Waals surface area contributed by atoms with Crippen molar-refractivity contribution >= 4 is 15.9 Å². The molecule has 0 amide bonds. The van der Waals surface area contributed by atoms with Gasteiger partial charge in [0.2, 0.25) is 0 Å². The van der Waals surface area contributed by atoms with Gasteiger partial charge in [-0.3, -0.25) is 0 Å². The predicted molar refractivity (Wildman–Crippen MR) is 81.5 cm³/mol. The highest BCUT2D eigenvalue weighted by molar-refractivity contribution is 9.10. The number of hydrogen-bond donors (Lipinski definition) is 1. The summed E-state index contributed by atoms with van der Waals surface area (Å²) in [6.45, 7) is 4.66. The Labute approximate surface area is 123 Å². The molecule has 1 aliphatic rings. The van der Waals surface area contributed by atoms with Crippen LogP contribution in [-0.2, 0) is 6.42 Å². The molecular weight excluding hydrogens is 305 g/mol. The third-order valence-electron chi connectivity index (χ3n) is 4.58. The number of nitrogens with two attached hydrogens (primary N) is 1. The third-order valence-corrected chi connectivity index (χ3v) is 5.32. The molecule has 0 radical (unpaired) electrons. The van der Waals surface area contributed by atoms with Crippen LogP contribution in [0.15, 0.2) is 22.7 Å².